The lowest BCUT2D eigenvalue weighted by Gasteiger charge is -2.18. The number of benzene rings is 2. The first kappa shape index (κ1) is 21.1. The number of aliphatic hydroxyl groups is 1. The van der Waals surface area contributed by atoms with E-state index in [4.69, 9.17) is 9.84 Å². The molecule has 1 aliphatic heterocycles. The monoisotopic (exact) mass is 428 g/mol. The highest BCUT2D eigenvalue weighted by Crippen LogP contribution is 2.34. The van der Waals surface area contributed by atoms with Crippen molar-refractivity contribution in [3.8, 4) is 17.6 Å². The molecule has 8 nitrogen and oxygen atoms in total. The van der Waals surface area contributed by atoms with Crippen molar-refractivity contribution >= 4 is 21.9 Å². The lowest BCUT2D eigenvalue weighted by atomic mass is 10.1. The standard InChI is InChI=1S/C21H20N2O6S/c24-20-14-23(30(27,28)22-20)18-13-16(7-3-2-6-10-21(25)26)11-12-19(18)29-15-17-8-4-1-5-9-17/h1,4-5,8-9,11-14,22,24H,2,6,10,15H2,(H,25,26). The Hall–Kier alpha value is -3.64. The molecule has 1 heterocycles. The van der Waals surface area contributed by atoms with Gasteiger partial charge >= 0.3 is 16.2 Å². The maximum atomic E-state index is 12.3. The van der Waals surface area contributed by atoms with Crippen molar-refractivity contribution in [1.29, 1.82) is 0 Å². The van der Waals surface area contributed by atoms with E-state index in [9.17, 15) is 18.3 Å². The smallest absolute Gasteiger partial charge is 0.330 e. The predicted octanol–water partition coefficient (Wildman–Crippen LogP) is 2.88. The number of nitrogens with zero attached hydrogens (tertiary/aromatic N) is 1. The molecule has 0 aromatic heterocycles. The van der Waals surface area contributed by atoms with Crippen LogP contribution in [-0.2, 0) is 21.6 Å². The van der Waals surface area contributed by atoms with Gasteiger partial charge in [-0.05, 0) is 30.2 Å². The van der Waals surface area contributed by atoms with Crippen LogP contribution in [0, 0.1) is 11.8 Å². The second-order valence-electron chi connectivity index (χ2n) is 6.42. The molecule has 0 fully saturated rings. The first-order chi connectivity index (χ1) is 14.3. The Kier molecular flexibility index (Phi) is 6.49. The van der Waals surface area contributed by atoms with Crippen molar-refractivity contribution in [2.24, 2.45) is 0 Å². The summed E-state index contributed by atoms with van der Waals surface area (Å²) in [7, 11) is -4.00. The van der Waals surface area contributed by atoms with Crippen molar-refractivity contribution < 1.29 is 28.2 Å². The number of ether oxygens (including phenoxy) is 1. The summed E-state index contributed by atoms with van der Waals surface area (Å²) < 4.78 is 33.4. The zero-order valence-corrected chi connectivity index (χ0v) is 16.7. The SMILES string of the molecule is O=C(O)CCCC#Cc1ccc(OCc2ccccc2)c(N2C=C(O)NS2(=O)=O)c1. The van der Waals surface area contributed by atoms with Crippen LogP contribution in [0.25, 0.3) is 0 Å². The summed E-state index contributed by atoms with van der Waals surface area (Å²) in [5, 5.41) is 18.3. The number of rotatable bonds is 7. The highest BCUT2D eigenvalue weighted by Gasteiger charge is 2.31. The quantitative estimate of drug-likeness (QED) is 0.461. The predicted molar refractivity (Wildman–Crippen MR) is 111 cm³/mol. The van der Waals surface area contributed by atoms with Gasteiger partial charge in [-0.1, -0.05) is 42.2 Å². The van der Waals surface area contributed by atoms with E-state index in [0.717, 1.165) is 16.1 Å². The van der Waals surface area contributed by atoms with Crippen molar-refractivity contribution in [3.05, 3.63) is 71.7 Å². The number of nitrogens with one attached hydrogen (secondary N) is 1. The topological polar surface area (TPSA) is 116 Å². The van der Waals surface area contributed by atoms with Gasteiger partial charge in [0.05, 0.1) is 6.20 Å². The van der Waals surface area contributed by atoms with Gasteiger partial charge < -0.3 is 14.9 Å². The summed E-state index contributed by atoms with van der Waals surface area (Å²) in [5.74, 6) is 4.69. The van der Waals surface area contributed by atoms with Gasteiger partial charge in [-0.25, -0.2) is 9.03 Å². The molecule has 3 N–H and O–H groups in total. The lowest BCUT2D eigenvalue weighted by molar-refractivity contribution is -0.137. The third kappa shape index (κ3) is 5.46. The van der Waals surface area contributed by atoms with E-state index in [2.05, 4.69) is 11.8 Å². The van der Waals surface area contributed by atoms with Crippen molar-refractivity contribution in [2.75, 3.05) is 4.31 Å². The van der Waals surface area contributed by atoms with Crippen LogP contribution in [0.3, 0.4) is 0 Å². The number of aliphatic hydroxyl groups excluding tert-OH is 1. The van der Waals surface area contributed by atoms with Gasteiger partial charge in [0.1, 0.15) is 18.0 Å². The number of anilines is 1. The zero-order valence-electron chi connectivity index (χ0n) is 15.9. The minimum atomic E-state index is -4.00. The van der Waals surface area contributed by atoms with Gasteiger partial charge in [0, 0.05) is 18.4 Å². The van der Waals surface area contributed by atoms with Gasteiger partial charge in [-0.15, -0.1) is 0 Å². The van der Waals surface area contributed by atoms with Crippen LogP contribution in [0.2, 0.25) is 0 Å². The summed E-state index contributed by atoms with van der Waals surface area (Å²) in [4.78, 5) is 10.6. The van der Waals surface area contributed by atoms with Gasteiger partial charge in [0.25, 0.3) is 0 Å². The van der Waals surface area contributed by atoms with E-state index in [1.54, 1.807) is 18.2 Å². The summed E-state index contributed by atoms with van der Waals surface area (Å²) in [5.41, 5.74) is 1.63. The summed E-state index contributed by atoms with van der Waals surface area (Å²) in [6.45, 7) is 0.227. The summed E-state index contributed by atoms with van der Waals surface area (Å²) in [6, 6.07) is 14.2. The fourth-order valence-corrected chi connectivity index (χ4v) is 3.76. The van der Waals surface area contributed by atoms with Crippen LogP contribution in [0.15, 0.2) is 60.6 Å². The Morgan fingerprint density at radius 3 is 2.60 bits per heavy atom. The first-order valence-electron chi connectivity index (χ1n) is 9.09. The first-order valence-corrected chi connectivity index (χ1v) is 10.5. The average molecular weight is 428 g/mol. The maximum absolute atomic E-state index is 12.3. The van der Waals surface area contributed by atoms with Crippen LogP contribution in [0.1, 0.15) is 30.4 Å². The number of carboxylic acids is 1. The molecule has 0 saturated carbocycles. The Morgan fingerprint density at radius 2 is 1.93 bits per heavy atom. The molecule has 0 aliphatic carbocycles. The molecule has 0 radical (unpaired) electrons. The van der Waals surface area contributed by atoms with Gasteiger partial charge in [0.15, 0.2) is 0 Å². The molecule has 2 aromatic carbocycles. The van der Waals surface area contributed by atoms with E-state index in [0.29, 0.717) is 24.2 Å². The second kappa shape index (κ2) is 9.24. The molecule has 30 heavy (non-hydrogen) atoms. The van der Waals surface area contributed by atoms with Crippen LogP contribution >= 0.6 is 0 Å². The highest BCUT2D eigenvalue weighted by atomic mass is 32.2. The molecule has 0 atom stereocenters. The van der Waals surface area contributed by atoms with E-state index in [1.807, 2.05) is 35.1 Å². The van der Waals surface area contributed by atoms with Gasteiger partial charge in [-0.2, -0.15) is 8.42 Å². The van der Waals surface area contributed by atoms with E-state index >= 15 is 0 Å². The Bertz CT molecular complexity index is 1120. The van der Waals surface area contributed by atoms with Crippen molar-refractivity contribution in [2.45, 2.75) is 25.9 Å². The number of hydrogen-bond donors (Lipinski definition) is 3. The Morgan fingerprint density at radius 1 is 1.17 bits per heavy atom. The highest BCUT2D eigenvalue weighted by molar-refractivity contribution is 7.91. The second-order valence-corrected chi connectivity index (χ2v) is 7.97. The molecule has 3 rings (SSSR count). The molecular formula is C21H20N2O6S. The lowest BCUT2D eigenvalue weighted by Crippen LogP contribution is -2.30. The van der Waals surface area contributed by atoms with Crippen LogP contribution in [-0.4, -0.2) is 24.6 Å². The number of carbonyl (C=O) groups is 1. The number of aliphatic carboxylic acids is 1. The molecule has 0 amide bonds. The number of hydrogen-bond acceptors (Lipinski definition) is 5. The molecule has 0 unspecified atom stereocenters. The van der Waals surface area contributed by atoms with Gasteiger partial charge in [-0.3, -0.25) is 4.79 Å². The molecule has 0 bridgehead atoms. The summed E-state index contributed by atoms with van der Waals surface area (Å²) >= 11 is 0. The Balaban J connectivity index is 1.86. The molecular weight excluding hydrogens is 408 g/mol. The maximum Gasteiger partial charge on any atom is 0.330 e. The number of unbranched alkanes of at least 4 members (excludes halogenated alkanes) is 1. The van der Waals surface area contributed by atoms with E-state index in [1.165, 1.54) is 0 Å². The largest absolute Gasteiger partial charge is 0.493 e. The fraction of sp³-hybridized carbons (Fsp3) is 0.190. The van der Waals surface area contributed by atoms with E-state index < -0.39 is 22.1 Å². The molecule has 0 spiro atoms. The Labute approximate surface area is 174 Å². The normalized spacial score (nSPS) is 14.3. The molecule has 2 aromatic rings. The average Bonchev–Trinajstić information content (AvgIpc) is 2.99. The van der Waals surface area contributed by atoms with E-state index in [-0.39, 0.29) is 18.7 Å². The third-order valence-electron chi connectivity index (χ3n) is 4.09. The third-order valence-corrected chi connectivity index (χ3v) is 5.38. The minimum Gasteiger partial charge on any atom is -0.493 e. The van der Waals surface area contributed by atoms with Gasteiger partial charge in [0.2, 0.25) is 5.88 Å². The molecule has 0 saturated heterocycles. The molecule has 9 heteroatoms. The minimum absolute atomic E-state index is 0.0357. The fourth-order valence-electron chi connectivity index (χ4n) is 2.70. The molecule has 156 valence electrons. The van der Waals surface area contributed by atoms with Crippen molar-refractivity contribution in [3.63, 3.8) is 0 Å². The van der Waals surface area contributed by atoms with Crippen LogP contribution in [0.5, 0.6) is 5.75 Å². The zero-order chi connectivity index (χ0) is 21.6. The van der Waals surface area contributed by atoms with Crippen LogP contribution < -0.4 is 13.8 Å². The van der Waals surface area contributed by atoms with Crippen LogP contribution in [0.4, 0.5) is 5.69 Å². The molecule has 1 aliphatic rings. The number of carboxylic acid groups (broad SMARTS) is 1. The van der Waals surface area contributed by atoms with Crippen molar-refractivity contribution in [1.82, 2.24) is 4.72 Å². The summed E-state index contributed by atoms with van der Waals surface area (Å²) in [6.07, 6.45) is 1.91.